The van der Waals surface area contributed by atoms with E-state index < -0.39 is 12.1 Å². The molecule has 0 spiro atoms. The third-order valence-corrected chi connectivity index (χ3v) is 5.62. The van der Waals surface area contributed by atoms with Gasteiger partial charge in [-0.2, -0.15) is 13.2 Å². The van der Waals surface area contributed by atoms with Gasteiger partial charge >= 0.3 is 12.1 Å². The number of likely N-dealkylation sites (tertiary alicyclic amines) is 1. The Morgan fingerprint density at radius 2 is 2.00 bits per heavy atom. The molecule has 1 fully saturated rings. The van der Waals surface area contributed by atoms with Gasteiger partial charge in [0.25, 0.3) is 11.5 Å². The van der Waals surface area contributed by atoms with Crippen molar-refractivity contribution in [3.63, 3.8) is 0 Å². The summed E-state index contributed by atoms with van der Waals surface area (Å²) in [6, 6.07) is 9.33. The van der Waals surface area contributed by atoms with Crippen molar-refractivity contribution in [1.29, 1.82) is 0 Å². The van der Waals surface area contributed by atoms with Crippen LogP contribution in [-0.2, 0) is 11.3 Å². The van der Waals surface area contributed by atoms with Gasteiger partial charge in [-0.3, -0.25) is 14.6 Å². The van der Waals surface area contributed by atoms with Crippen molar-refractivity contribution >= 4 is 22.9 Å². The normalized spacial score (nSPS) is 15.9. The Morgan fingerprint density at radius 3 is 2.67 bits per heavy atom. The Kier molecular flexibility index (Phi) is 8.75. The molecule has 1 unspecified atom stereocenters. The Bertz CT molecular complexity index is 1250. The molecule has 1 amide bonds. The Balaban J connectivity index is 0.000000454. The highest BCUT2D eigenvalue weighted by atomic mass is 19.4. The predicted molar refractivity (Wildman–Crippen MR) is 125 cm³/mol. The molecule has 1 atom stereocenters. The number of carbonyl (C=O) groups is 2. The second-order valence-corrected chi connectivity index (χ2v) is 8.60. The molecule has 3 aromatic rings. The number of aliphatic carboxylic acids is 1. The smallest absolute Gasteiger partial charge is 0.475 e. The first-order valence-corrected chi connectivity index (χ1v) is 11.2. The van der Waals surface area contributed by atoms with Crippen LogP contribution in [0.2, 0.25) is 0 Å². The molecule has 0 bridgehead atoms. The lowest BCUT2D eigenvalue weighted by molar-refractivity contribution is -0.192. The number of carboxylic acid groups (broad SMARTS) is 1. The number of nitrogens with zero attached hydrogens (tertiary/aromatic N) is 4. The van der Waals surface area contributed by atoms with Crippen LogP contribution < -0.4 is 5.56 Å². The zero-order chi connectivity index (χ0) is 26.3. The average Bonchev–Trinajstić information content (AvgIpc) is 2.83. The lowest BCUT2D eigenvalue weighted by atomic mass is 9.96. The Labute approximate surface area is 204 Å². The number of aromatic amines is 1. The van der Waals surface area contributed by atoms with E-state index in [0.717, 1.165) is 39.0 Å². The molecule has 0 radical (unpaired) electrons. The maximum absolute atomic E-state index is 13.0. The number of halogens is 3. The molecule has 12 heteroatoms. The molecule has 1 aliphatic rings. The van der Waals surface area contributed by atoms with Crippen LogP contribution in [0.25, 0.3) is 11.0 Å². The fraction of sp³-hybridized carbons (Fsp3) is 0.375. The molecule has 2 N–H and O–H groups in total. The molecule has 192 valence electrons. The van der Waals surface area contributed by atoms with Gasteiger partial charge in [0.15, 0.2) is 0 Å². The monoisotopic (exact) mass is 505 g/mol. The largest absolute Gasteiger partial charge is 0.490 e. The number of pyridine rings is 1. The summed E-state index contributed by atoms with van der Waals surface area (Å²) in [5, 5.41) is 7.12. The Hall–Kier alpha value is -3.80. The SMILES string of the molecule is CN(Cc1cccnc1)CC1CCCN(C(=O)c2ccc3ncc(=O)[nH]c3c2)C1.O=C(O)C(F)(F)F. The van der Waals surface area contributed by atoms with Crippen LogP contribution in [0.4, 0.5) is 13.2 Å². The number of hydrogen-bond donors (Lipinski definition) is 2. The van der Waals surface area contributed by atoms with E-state index in [0.29, 0.717) is 22.5 Å². The molecule has 4 rings (SSSR count). The molecular weight excluding hydrogens is 479 g/mol. The number of piperidine rings is 1. The zero-order valence-corrected chi connectivity index (χ0v) is 19.5. The molecule has 3 heterocycles. The summed E-state index contributed by atoms with van der Waals surface area (Å²) < 4.78 is 31.7. The van der Waals surface area contributed by atoms with E-state index >= 15 is 0 Å². The van der Waals surface area contributed by atoms with Crippen LogP contribution in [0.1, 0.15) is 28.8 Å². The third-order valence-electron chi connectivity index (χ3n) is 5.62. The minimum absolute atomic E-state index is 0.0104. The third kappa shape index (κ3) is 7.60. The highest BCUT2D eigenvalue weighted by molar-refractivity contribution is 5.97. The number of fused-ring (bicyclic) bond motifs is 1. The van der Waals surface area contributed by atoms with Gasteiger partial charge in [-0.25, -0.2) is 9.78 Å². The van der Waals surface area contributed by atoms with E-state index in [4.69, 9.17) is 9.90 Å². The van der Waals surface area contributed by atoms with E-state index in [1.54, 1.807) is 24.4 Å². The van der Waals surface area contributed by atoms with Crippen molar-refractivity contribution < 1.29 is 27.9 Å². The van der Waals surface area contributed by atoms with Crippen molar-refractivity contribution in [1.82, 2.24) is 24.8 Å². The lowest BCUT2D eigenvalue weighted by Crippen LogP contribution is -2.43. The van der Waals surface area contributed by atoms with E-state index in [2.05, 4.69) is 33.0 Å². The number of amides is 1. The quantitative estimate of drug-likeness (QED) is 0.547. The topological polar surface area (TPSA) is 119 Å². The minimum atomic E-state index is -5.08. The summed E-state index contributed by atoms with van der Waals surface area (Å²) in [6.07, 6.45) is 1.97. The van der Waals surface area contributed by atoms with Crippen molar-refractivity contribution in [3.8, 4) is 0 Å². The van der Waals surface area contributed by atoms with Gasteiger partial charge in [0.1, 0.15) is 0 Å². The molecule has 1 aromatic carbocycles. The number of carboxylic acids is 1. The maximum atomic E-state index is 13.0. The number of carbonyl (C=O) groups excluding carboxylic acids is 1. The van der Waals surface area contributed by atoms with Gasteiger partial charge in [-0.15, -0.1) is 0 Å². The van der Waals surface area contributed by atoms with Crippen molar-refractivity contribution in [2.24, 2.45) is 5.92 Å². The van der Waals surface area contributed by atoms with Gasteiger partial charge in [-0.05, 0) is 55.6 Å². The molecule has 9 nitrogen and oxygen atoms in total. The summed E-state index contributed by atoms with van der Waals surface area (Å²) in [4.78, 5) is 48.7. The van der Waals surface area contributed by atoms with E-state index in [1.807, 2.05) is 17.2 Å². The lowest BCUT2D eigenvalue weighted by Gasteiger charge is -2.35. The first-order valence-electron chi connectivity index (χ1n) is 11.2. The van der Waals surface area contributed by atoms with Gasteiger partial charge in [0.05, 0.1) is 17.2 Å². The first kappa shape index (κ1) is 26.8. The van der Waals surface area contributed by atoms with Crippen molar-refractivity contribution in [3.05, 3.63) is 70.4 Å². The highest BCUT2D eigenvalue weighted by Gasteiger charge is 2.38. The second kappa shape index (κ2) is 11.8. The molecular formula is C24H26F3N5O4. The summed E-state index contributed by atoms with van der Waals surface area (Å²) in [7, 11) is 2.11. The average molecular weight is 505 g/mol. The van der Waals surface area contributed by atoms with Gasteiger partial charge in [0, 0.05) is 44.1 Å². The summed E-state index contributed by atoms with van der Waals surface area (Å²) in [5.41, 5.74) is 2.78. The van der Waals surface area contributed by atoms with Gasteiger partial charge in [-0.1, -0.05) is 6.07 Å². The fourth-order valence-corrected chi connectivity index (χ4v) is 4.06. The van der Waals surface area contributed by atoms with Crippen LogP contribution in [-0.4, -0.2) is 74.6 Å². The second-order valence-electron chi connectivity index (χ2n) is 8.60. The molecule has 2 aromatic heterocycles. The predicted octanol–water partition coefficient (Wildman–Crippen LogP) is 2.94. The standard InChI is InChI=1S/C22H25N5O2.C2HF3O2/c1-26(13-16-4-2-8-23-11-16)14-17-5-3-9-27(15-17)22(29)18-6-7-19-20(10-18)25-21(28)12-24-19;3-2(4,5)1(6)7/h2,4,6-8,10-12,17H,3,5,9,13-15H2,1H3,(H,25,28);(H,6,7). The highest BCUT2D eigenvalue weighted by Crippen LogP contribution is 2.21. The van der Waals surface area contributed by atoms with Crippen LogP contribution >= 0.6 is 0 Å². The van der Waals surface area contributed by atoms with E-state index in [1.165, 1.54) is 11.8 Å². The summed E-state index contributed by atoms with van der Waals surface area (Å²) in [5.74, 6) is -2.31. The minimum Gasteiger partial charge on any atom is -0.475 e. The molecule has 0 saturated carbocycles. The Morgan fingerprint density at radius 1 is 1.25 bits per heavy atom. The summed E-state index contributed by atoms with van der Waals surface area (Å²) in [6.45, 7) is 3.30. The van der Waals surface area contributed by atoms with Crippen molar-refractivity contribution in [2.75, 3.05) is 26.7 Å². The maximum Gasteiger partial charge on any atom is 0.490 e. The first-order chi connectivity index (χ1) is 17.0. The number of rotatable bonds is 5. The number of nitrogens with one attached hydrogen (secondary N) is 1. The van der Waals surface area contributed by atoms with Crippen LogP contribution in [0, 0.1) is 5.92 Å². The van der Waals surface area contributed by atoms with Gasteiger partial charge in [0.2, 0.25) is 0 Å². The summed E-state index contributed by atoms with van der Waals surface area (Å²) >= 11 is 0. The molecule has 1 saturated heterocycles. The van der Waals surface area contributed by atoms with Crippen LogP contribution in [0.3, 0.4) is 0 Å². The van der Waals surface area contributed by atoms with E-state index in [-0.39, 0.29) is 11.5 Å². The molecule has 1 aliphatic heterocycles. The number of benzene rings is 1. The number of hydrogen-bond acceptors (Lipinski definition) is 6. The van der Waals surface area contributed by atoms with Crippen LogP contribution in [0.15, 0.2) is 53.7 Å². The van der Waals surface area contributed by atoms with Crippen LogP contribution in [0.5, 0.6) is 0 Å². The molecule has 36 heavy (non-hydrogen) atoms. The van der Waals surface area contributed by atoms with Gasteiger partial charge < -0.3 is 19.9 Å². The van der Waals surface area contributed by atoms with E-state index in [9.17, 15) is 22.8 Å². The number of alkyl halides is 3. The number of H-pyrrole nitrogens is 1. The van der Waals surface area contributed by atoms with Crippen molar-refractivity contribution in [2.45, 2.75) is 25.6 Å². The fourth-order valence-electron chi connectivity index (χ4n) is 4.06. The number of aromatic nitrogens is 3. The molecule has 0 aliphatic carbocycles. The zero-order valence-electron chi connectivity index (χ0n) is 19.5.